The molecule has 0 aromatic heterocycles. The lowest BCUT2D eigenvalue weighted by Gasteiger charge is -2.38. The number of carbonyl (C=O) groups is 2. The molecule has 0 aromatic carbocycles. The lowest BCUT2D eigenvalue weighted by Crippen LogP contribution is -2.58. The Balaban J connectivity index is 2.63. The third-order valence-corrected chi connectivity index (χ3v) is 2.64. The van der Waals surface area contributed by atoms with Gasteiger partial charge in [0.2, 0.25) is 0 Å². The molecule has 8 nitrogen and oxygen atoms in total. The van der Waals surface area contributed by atoms with Crippen LogP contribution in [0.5, 0.6) is 0 Å². The summed E-state index contributed by atoms with van der Waals surface area (Å²) in [5.41, 5.74) is 0. The largest absolute Gasteiger partial charge is 0.480 e. The Labute approximate surface area is 96.8 Å². The van der Waals surface area contributed by atoms with Gasteiger partial charge in [-0.25, -0.2) is 0 Å². The molecular weight excluding hydrogens is 234 g/mol. The van der Waals surface area contributed by atoms with E-state index in [1.807, 2.05) is 5.32 Å². The average Bonchev–Trinajstić information content (AvgIpc) is 2.28. The summed E-state index contributed by atoms with van der Waals surface area (Å²) in [5.74, 6) is -2.85. The van der Waals surface area contributed by atoms with Gasteiger partial charge >= 0.3 is 5.97 Å². The highest BCUT2D eigenvalue weighted by Gasteiger charge is 2.44. The Morgan fingerprint density at radius 2 is 1.82 bits per heavy atom. The van der Waals surface area contributed by atoms with Gasteiger partial charge in [0.15, 0.2) is 12.4 Å². The van der Waals surface area contributed by atoms with Crippen molar-refractivity contribution in [3.05, 3.63) is 0 Å². The Bertz CT molecular complexity index is 308. The SMILES string of the molecule is CC1[C@H](O)C(O)OC(C(=O)NCC(=O)O)[C@H]1O. The second-order valence-electron chi connectivity index (χ2n) is 3.90. The van der Waals surface area contributed by atoms with Crippen molar-refractivity contribution in [1.29, 1.82) is 0 Å². The van der Waals surface area contributed by atoms with Crippen molar-refractivity contribution >= 4 is 11.9 Å². The molecule has 5 atom stereocenters. The number of carboxylic acids is 1. The smallest absolute Gasteiger partial charge is 0.322 e. The third kappa shape index (κ3) is 3.13. The van der Waals surface area contributed by atoms with E-state index in [4.69, 9.17) is 9.84 Å². The van der Waals surface area contributed by atoms with Crippen molar-refractivity contribution in [2.24, 2.45) is 5.92 Å². The van der Waals surface area contributed by atoms with Gasteiger partial charge in [0.25, 0.3) is 5.91 Å². The minimum absolute atomic E-state index is 0.613. The average molecular weight is 249 g/mol. The second-order valence-corrected chi connectivity index (χ2v) is 3.90. The summed E-state index contributed by atoms with van der Waals surface area (Å²) in [6, 6.07) is 0. The first-order chi connectivity index (χ1) is 7.84. The van der Waals surface area contributed by atoms with Gasteiger partial charge in [-0.05, 0) is 0 Å². The lowest BCUT2D eigenvalue weighted by molar-refractivity contribution is -0.260. The number of carbonyl (C=O) groups excluding carboxylic acids is 1. The van der Waals surface area contributed by atoms with Crippen molar-refractivity contribution in [3.8, 4) is 0 Å². The molecular formula is C9H15NO7. The monoisotopic (exact) mass is 249 g/mol. The highest BCUT2D eigenvalue weighted by molar-refractivity contribution is 5.85. The van der Waals surface area contributed by atoms with Gasteiger partial charge in [-0.15, -0.1) is 0 Å². The predicted molar refractivity (Wildman–Crippen MR) is 52.7 cm³/mol. The van der Waals surface area contributed by atoms with E-state index in [1.54, 1.807) is 0 Å². The van der Waals surface area contributed by atoms with Crippen LogP contribution in [0, 0.1) is 5.92 Å². The molecule has 1 saturated heterocycles. The number of aliphatic hydroxyl groups excluding tert-OH is 3. The first-order valence-corrected chi connectivity index (χ1v) is 5.03. The van der Waals surface area contributed by atoms with E-state index in [1.165, 1.54) is 6.92 Å². The Hall–Kier alpha value is -1.22. The Morgan fingerprint density at radius 3 is 2.35 bits per heavy atom. The third-order valence-electron chi connectivity index (χ3n) is 2.64. The predicted octanol–water partition coefficient (Wildman–Crippen LogP) is -2.74. The topological polar surface area (TPSA) is 136 Å². The molecule has 1 aliphatic rings. The van der Waals surface area contributed by atoms with Crippen LogP contribution >= 0.6 is 0 Å². The number of nitrogens with one attached hydrogen (secondary N) is 1. The summed E-state index contributed by atoms with van der Waals surface area (Å²) in [6.45, 7) is 0.830. The first-order valence-electron chi connectivity index (χ1n) is 5.03. The fourth-order valence-electron chi connectivity index (χ4n) is 1.53. The molecule has 0 bridgehead atoms. The highest BCUT2D eigenvalue weighted by atomic mass is 16.6. The van der Waals surface area contributed by atoms with E-state index < -0.39 is 48.9 Å². The zero-order valence-corrected chi connectivity index (χ0v) is 9.11. The number of hydrogen-bond acceptors (Lipinski definition) is 6. The van der Waals surface area contributed by atoms with E-state index in [0.717, 1.165) is 0 Å². The molecule has 8 heteroatoms. The van der Waals surface area contributed by atoms with Crippen molar-refractivity contribution < 1.29 is 34.8 Å². The van der Waals surface area contributed by atoms with Gasteiger partial charge in [0.05, 0.1) is 6.10 Å². The first kappa shape index (κ1) is 13.8. The van der Waals surface area contributed by atoms with Crippen molar-refractivity contribution in [3.63, 3.8) is 0 Å². The summed E-state index contributed by atoms with van der Waals surface area (Å²) >= 11 is 0. The summed E-state index contributed by atoms with van der Waals surface area (Å²) in [6.07, 6.45) is -5.60. The van der Waals surface area contributed by atoms with E-state index in [9.17, 15) is 24.9 Å². The molecule has 0 radical (unpaired) electrons. The van der Waals surface area contributed by atoms with Crippen LogP contribution in [0.1, 0.15) is 6.92 Å². The standard InChI is InChI=1S/C9H15NO7/c1-3-5(13)7(17-9(16)6(3)14)8(15)10-2-4(11)12/h3,5-7,9,13-14,16H,2H2,1H3,(H,10,15)(H,11,12)/t3?,5-,6-,7?,9?/m0/s1. The lowest BCUT2D eigenvalue weighted by atomic mass is 9.90. The van der Waals surface area contributed by atoms with Crippen LogP contribution < -0.4 is 5.32 Å². The summed E-state index contributed by atoms with van der Waals surface area (Å²) < 4.78 is 4.73. The number of aliphatic hydroxyl groups is 3. The molecule has 0 spiro atoms. The van der Waals surface area contributed by atoms with Crippen LogP contribution in [0.4, 0.5) is 0 Å². The molecule has 1 fully saturated rings. The van der Waals surface area contributed by atoms with Gasteiger partial charge in [-0.3, -0.25) is 9.59 Å². The molecule has 1 heterocycles. The molecule has 1 amide bonds. The summed E-state index contributed by atoms with van der Waals surface area (Å²) in [7, 11) is 0. The zero-order valence-electron chi connectivity index (χ0n) is 9.11. The minimum Gasteiger partial charge on any atom is -0.480 e. The van der Waals surface area contributed by atoms with E-state index in [2.05, 4.69) is 0 Å². The second kappa shape index (κ2) is 5.41. The van der Waals surface area contributed by atoms with E-state index in [-0.39, 0.29) is 0 Å². The molecule has 0 aromatic rings. The normalized spacial score (nSPS) is 37.5. The maximum Gasteiger partial charge on any atom is 0.322 e. The summed E-state index contributed by atoms with van der Waals surface area (Å²) in [4.78, 5) is 21.7. The van der Waals surface area contributed by atoms with Crippen LogP contribution in [0.3, 0.4) is 0 Å². The molecule has 98 valence electrons. The molecule has 5 N–H and O–H groups in total. The zero-order chi connectivity index (χ0) is 13.2. The van der Waals surface area contributed by atoms with Crippen LogP contribution in [-0.4, -0.2) is 63.4 Å². The number of ether oxygens (including phenoxy) is 1. The minimum atomic E-state index is -1.59. The van der Waals surface area contributed by atoms with Gasteiger partial charge in [0.1, 0.15) is 12.6 Å². The number of rotatable bonds is 3. The molecule has 1 aliphatic heterocycles. The fourth-order valence-corrected chi connectivity index (χ4v) is 1.53. The summed E-state index contributed by atoms with van der Waals surface area (Å²) in [5, 5.41) is 38.7. The van der Waals surface area contributed by atoms with Crippen LogP contribution in [-0.2, 0) is 14.3 Å². The molecule has 17 heavy (non-hydrogen) atoms. The molecule has 3 unspecified atom stereocenters. The van der Waals surface area contributed by atoms with Gasteiger partial charge < -0.3 is 30.5 Å². The van der Waals surface area contributed by atoms with Gasteiger partial charge in [0, 0.05) is 5.92 Å². The van der Waals surface area contributed by atoms with E-state index >= 15 is 0 Å². The molecule has 1 rings (SSSR count). The number of carboxylic acid groups (broad SMARTS) is 1. The van der Waals surface area contributed by atoms with Crippen molar-refractivity contribution in [2.45, 2.75) is 31.5 Å². The number of hydrogen-bond donors (Lipinski definition) is 5. The van der Waals surface area contributed by atoms with Crippen molar-refractivity contribution in [2.75, 3.05) is 6.54 Å². The van der Waals surface area contributed by atoms with Crippen LogP contribution in [0.15, 0.2) is 0 Å². The number of aliphatic carboxylic acids is 1. The van der Waals surface area contributed by atoms with Gasteiger partial charge in [-0.2, -0.15) is 0 Å². The molecule has 0 aliphatic carbocycles. The van der Waals surface area contributed by atoms with E-state index in [0.29, 0.717) is 0 Å². The maximum atomic E-state index is 11.5. The molecule has 0 saturated carbocycles. The maximum absolute atomic E-state index is 11.5. The Kier molecular flexibility index (Phi) is 4.40. The van der Waals surface area contributed by atoms with Crippen LogP contribution in [0.25, 0.3) is 0 Å². The van der Waals surface area contributed by atoms with Crippen LogP contribution in [0.2, 0.25) is 0 Å². The highest BCUT2D eigenvalue weighted by Crippen LogP contribution is 2.24. The Morgan fingerprint density at radius 1 is 1.24 bits per heavy atom. The fraction of sp³-hybridized carbons (Fsp3) is 0.778. The number of amides is 1. The van der Waals surface area contributed by atoms with Gasteiger partial charge in [-0.1, -0.05) is 6.92 Å². The quantitative estimate of drug-likeness (QED) is 0.366. The van der Waals surface area contributed by atoms with Crippen molar-refractivity contribution in [1.82, 2.24) is 5.32 Å².